The number of nitrogens with one attached hydrogen (secondary N) is 2. The van der Waals surface area contributed by atoms with Crippen molar-refractivity contribution in [3.63, 3.8) is 0 Å². The number of nitrogens with zero attached hydrogens (tertiary/aromatic N) is 2. The molecule has 0 atom stereocenters. The van der Waals surface area contributed by atoms with Crippen LogP contribution in [-0.2, 0) is 7.05 Å². The van der Waals surface area contributed by atoms with Crippen molar-refractivity contribution >= 4 is 5.91 Å². The summed E-state index contributed by atoms with van der Waals surface area (Å²) in [5.41, 5.74) is 5.51. The molecule has 2 N–H and O–H groups in total. The Morgan fingerprint density at radius 2 is 2.45 bits per heavy atom. The van der Waals surface area contributed by atoms with Crippen LogP contribution in [0.3, 0.4) is 0 Å². The van der Waals surface area contributed by atoms with Crippen LogP contribution >= 0.6 is 0 Å². The molecular formula is C6H10N4O. The van der Waals surface area contributed by atoms with Crippen molar-refractivity contribution in [3.05, 3.63) is 18.2 Å². The summed E-state index contributed by atoms with van der Waals surface area (Å²) in [5.74, 6) is -0.187. The van der Waals surface area contributed by atoms with Gasteiger partial charge in [0.25, 0.3) is 5.91 Å². The van der Waals surface area contributed by atoms with Crippen molar-refractivity contribution < 1.29 is 4.79 Å². The highest BCUT2D eigenvalue weighted by molar-refractivity contribution is 5.91. The molecule has 1 amide bonds. The van der Waals surface area contributed by atoms with Crippen molar-refractivity contribution in [2.45, 2.75) is 0 Å². The third-order valence-corrected chi connectivity index (χ3v) is 1.29. The second-order valence-electron chi connectivity index (χ2n) is 2.09. The molecule has 0 aliphatic heterocycles. The maximum Gasteiger partial charge on any atom is 0.283 e. The number of hydrogen-bond donors (Lipinski definition) is 2. The fourth-order valence-electron chi connectivity index (χ4n) is 0.754. The predicted octanol–water partition coefficient (Wildman–Crippen LogP) is -0.716. The van der Waals surface area contributed by atoms with Crippen LogP contribution in [-0.4, -0.2) is 22.5 Å². The number of carbonyl (C=O) groups is 1. The number of aromatic nitrogens is 2. The van der Waals surface area contributed by atoms with Gasteiger partial charge in [-0.3, -0.25) is 10.2 Å². The Hall–Kier alpha value is -1.36. The average Bonchev–Trinajstić information content (AvgIpc) is 2.36. The molecule has 11 heavy (non-hydrogen) atoms. The Balaban J connectivity index is 2.76. The Morgan fingerprint density at radius 3 is 2.91 bits per heavy atom. The Kier molecular flexibility index (Phi) is 2.22. The monoisotopic (exact) mass is 154 g/mol. The minimum atomic E-state index is -0.187. The van der Waals surface area contributed by atoms with Gasteiger partial charge in [0.05, 0.1) is 12.5 Å². The molecule has 0 bridgehead atoms. The molecule has 0 saturated carbocycles. The van der Waals surface area contributed by atoms with Gasteiger partial charge in [-0.15, -0.1) is 0 Å². The normalized spacial score (nSPS) is 9.64. The zero-order valence-electron chi connectivity index (χ0n) is 6.46. The van der Waals surface area contributed by atoms with E-state index in [0.29, 0.717) is 5.69 Å². The van der Waals surface area contributed by atoms with E-state index < -0.39 is 0 Å². The van der Waals surface area contributed by atoms with E-state index in [9.17, 15) is 4.79 Å². The lowest BCUT2D eigenvalue weighted by molar-refractivity contribution is 0.0929. The number of aryl methyl sites for hydroxylation is 1. The van der Waals surface area contributed by atoms with Crippen LogP contribution < -0.4 is 10.9 Å². The molecule has 0 aliphatic rings. The van der Waals surface area contributed by atoms with Crippen LogP contribution in [0.2, 0.25) is 0 Å². The second-order valence-corrected chi connectivity index (χ2v) is 2.09. The summed E-state index contributed by atoms with van der Waals surface area (Å²) in [5, 5.41) is 0. The smallest absolute Gasteiger partial charge is 0.283 e. The molecular weight excluding hydrogens is 144 g/mol. The van der Waals surface area contributed by atoms with Gasteiger partial charge in [0.15, 0.2) is 0 Å². The van der Waals surface area contributed by atoms with Gasteiger partial charge in [-0.05, 0) is 0 Å². The Labute approximate surface area is 64.4 Å². The fourth-order valence-corrected chi connectivity index (χ4v) is 0.754. The van der Waals surface area contributed by atoms with Crippen LogP contribution in [0.1, 0.15) is 10.5 Å². The number of hydrogen-bond acceptors (Lipinski definition) is 3. The van der Waals surface area contributed by atoms with Crippen LogP contribution in [0.4, 0.5) is 0 Å². The quantitative estimate of drug-likeness (QED) is 0.553. The van der Waals surface area contributed by atoms with Gasteiger partial charge in [0, 0.05) is 14.1 Å². The third-order valence-electron chi connectivity index (χ3n) is 1.29. The lowest BCUT2D eigenvalue weighted by atomic mass is 10.4. The zero-order valence-corrected chi connectivity index (χ0v) is 6.46. The molecule has 0 aliphatic carbocycles. The minimum absolute atomic E-state index is 0.187. The first kappa shape index (κ1) is 7.74. The van der Waals surface area contributed by atoms with Crippen molar-refractivity contribution in [1.29, 1.82) is 0 Å². The standard InChI is InChI=1S/C6H10N4O/c1-7-9-6(11)5-3-8-4-10(5)2/h3-4,7H,1-2H3,(H,9,11). The van der Waals surface area contributed by atoms with E-state index >= 15 is 0 Å². The largest absolute Gasteiger partial charge is 0.330 e. The highest BCUT2D eigenvalue weighted by atomic mass is 16.2. The van der Waals surface area contributed by atoms with Crippen LogP contribution in [0.25, 0.3) is 0 Å². The van der Waals surface area contributed by atoms with Gasteiger partial charge in [-0.2, -0.15) is 0 Å². The predicted molar refractivity (Wildman–Crippen MR) is 39.7 cm³/mol. The van der Waals surface area contributed by atoms with E-state index in [1.165, 1.54) is 6.20 Å². The molecule has 1 aromatic heterocycles. The first-order valence-electron chi connectivity index (χ1n) is 3.19. The SMILES string of the molecule is CNNC(=O)c1cncn1C. The summed E-state index contributed by atoms with van der Waals surface area (Å²) in [6.45, 7) is 0. The maximum atomic E-state index is 11.1. The van der Waals surface area contributed by atoms with Gasteiger partial charge in [0.1, 0.15) is 5.69 Å². The molecule has 1 aromatic rings. The summed E-state index contributed by atoms with van der Waals surface area (Å²) in [4.78, 5) is 14.9. The van der Waals surface area contributed by atoms with Gasteiger partial charge in [-0.1, -0.05) is 0 Å². The number of rotatable bonds is 2. The highest BCUT2D eigenvalue weighted by Crippen LogP contribution is 1.93. The topological polar surface area (TPSA) is 58.9 Å². The fraction of sp³-hybridized carbons (Fsp3) is 0.333. The van der Waals surface area contributed by atoms with Crippen molar-refractivity contribution in [2.75, 3.05) is 7.05 Å². The van der Waals surface area contributed by atoms with Crippen LogP contribution in [0.5, 0.6) is 0 Å². The van der Waals surface area contributed by atoms with E-state index in [1.54, 1.807) is 25.0 Å². The van der Waals surface area contributed by atoms with Crippen molar-refractivity contribution in [2.24, 2.45) is 7.05 Å². The van der Waals surface area contributed by atoms with Crippen LogP contribution in [0, 0.1) is 0 Å². The second kappa shape index (κ2) is 3.16. The van der Waals surface area contributed by atoms with Crippen molar-refractivity contribution in [3.8, 4) is 0 Å². The van der Waals surface area contributed by atoms with E-state index in [1.807, 2.05) is 0 Å². The molecule has 0 unspecified atom stereocenters. The van der Waals surface area contributed by atoms with Gasteiger partial charge >= 0.3 is 0 Å². The molecule has 0 saturated heterocycles. The van der Waals surface area contributed by atoms with Crippen LogP contribution in [0.15, 0.2) is 12.5 Å². The minimum Gasteiger partial charge on any atom is -0.330 e. The molecule has 0 aromatic carbocycles. The summed E-state index contributed by atoms with van der Waals surface area (Å²) in [6, 6.07) is 0. The van der Waals surface area contributed by atoms with Crippen molar-refractivity contribution in [1.82, 2.24) is 20.4 Å². The molecule has 60 valence electrons. The summed E-state index contributed by atoms with van der Waals surface area (Å²) < 4.78 is 1.65. The zero-order chi connectivity index (χ0) is 8.27. The summed E-state index contributed by atoms with van der Waals surface area (Å²) in [6.07, 6.45) is 3.08. The van der Waals surface area contributed by atoms with E-state index in [2.05, 4.69) is 15.8 Å². The first-order chi connectivity index (χ1) is 5.25. The van der Waals surface area contributed by atoms with E-state index in [4.69, 9.17) is 0 Å². The number of hydrazine groups is 1. The summed E-state index contributed by atoms with van der Waals surface area (Å²) in [7, 11) is 3.39. The molecule has 5 nitrogen and oxygen atoms in total. The lowest BCUT2D eigenvalue weighted by Crippen LogP contribution is -2.35. The Bertz CT molecular complexity index is 255. The molecule has 1 rings (SSSR count). The summed E-state index contributed by atoms with van der Waals surface area (Å²) >= 11 is 0. The van der Waals surface area contributed by atoms with Gasteiger partial charge in [0.2, 0.25) is 0 Å². The molecule has 0 fully saturated rings. The lowest BCUT2D eigenvalue weighted by Gasteiger charge is -2.01. The highest BCUT2D eigenvalue weighted by Gasteiger charge is 2.06. The van der Waals surface area contributed by atoms with E-state index in [0.717, 1.165) is 0 Å². The molecule has 1 heterocycles. The molecule has 0 radical (unpaired) electrons. The maximum absolute atomic E-state index is 11.1. The van der Waals surface area contributed by atoms with E-state index in [-0.39, 0.29) is 5.91 Å². The molecule has 0 spiro atoms. The number of carbonyl (C=O) groups excluding carboxylic acids is 1. The van der Waals surface area contributed by atoms with Gasteiger partial charge < -0.3 is 4.57 Å². The molecule has 5 heteroatoms. The third kappa shape index (κ3) is 1.56. The first-order valence-corrected chi connectivity index (χ1v) is 3.19. The average molecular weight is 154 g/mol. The Morgan fingerprint density at radius 1 is 1.73 bits per heavy atom. The van der Waals surface area contributed by atoms with Gasteiger partial charge in [-0.25, -0.2) is 10.4 Å². The number of amides is 1. The number of imidazole rings is 1.